The van der Waals surface area contributed by atoms with Crippen molar-refractivity contribution in [1.29, 1.82) is 0 Å². The van der Waals surface area contributed by atoms with Gasteiger partial charge in [-0.05, 0) is 25.8 Å². The Morgan fingerprint density at radius 2 is 2.17 bits per heavy atom. The molecular weight excluding hydrogens is 339 g/mol. The van der Waals surface area contributed by atoms with Gasteiger partial charge in [-0.2, -0.15) is 0 Å². The second kappa shape index (κ2) is 5.19. The minimum atomic E-state index is -1.33. The molecule has 0 saturated heterocycles. The molecule has 1 aromatic carbocycles. The van der Waals surface area contributed by atoms with Gasteiger partial charge in [-0.1, -0.05) is 0 Å². The molecule has 1 aromatic heterocycles. The van der Waals surface area contributed by atoms with Crippen LogP contribution in [0.5, 0.6) is 5.75 Å². The van der Waals surface area contributed by atoms with E-state index in [-0.39, 0.29) is 47.3 Å². The van der Waals surface area contributed by atoms with Crippen LogP contribution in [0.1, 0.15) is 41.7 Å². The number of benzene rings is 1. The molecule has 24 heavy (non-hydrogen) atoms. The van der Waals surface area contributed by atoms with Crippen molar-refractivity contribution in [2.75, 3.05) is 6.61 Å². The van der Waals surface area contributed by atoms with Crippen LogP contribution in [0.25, 0.3) is 10.9 Å². The molecule has 0 radical (unpaired) electrons. The maximum atomic E-state index is 14.6. The predicted octanol–water partition coefficient (Wildman–Crippen LogP) is 2.16. The number of hydrogen-bond acceptors (Lipinski definition) is 4. The van der Waals surface area contributed by atoms with Crippen LogP contribution in [0.3, 0.4) is 0 Å². The van der Waals surface area contributed by atoms with Gasteiger partial charge in [0.1, 0.15) is 18.0 Å². The zero-order valence-electron chi connectivity index (χ0n) is 12.8. The van der Waals surface area contributed by atoms with Crippen molar-refractivity contribution in [1.82, 2.24) is 4.57 Å². The van der Waals surface area contributed by atoms with Crippen molar-refractivity contribution >= 4 is 29.3 Å². The zero-order valence-corrected chi connectivity index (χ0v) is 13.7. The highest BCUT2D eigenvalue weighted by Gasteiger charge is 2.46. The first-order valence-electron chi connectivity index (χ1n) is 7.40. The fourth-order valence-electron chi connectivity index (χ4n) is 3.23. The van der Waals surface area contributed by atoms with Gasteiger partial charge < -0.3 is 20.1 Å². The van der Waals surface area contributed by atoms with Crippen molar-refractivity contribution in [3.8, 4) is 5.75 Å². The molecule has 2 heterocycles. The highest BCUT2D eigenvalue weighted by Crippen LogP contribution is 2.50. The number of nitrogens with two attached hydrogens (primary N) is 1. The number of ether oxygens (including phenoxy) is 1. The number of carboxylic acid groups (broad SMARTS) is 1. The Hall–Kier alpha value is -2.12. The first-order chi connectivity index (χ1) is 10.8. The number of aromatic carboxylic acids is 1. The van der Waals surface area contributed by atoms with Crippen LogP contribution in [0.15, 0.2) is 17.1 Å². The van der Waals surface area contributed by atoms with E-state index in [1.165, 1.54) is 6.20 Å². The molecule has 1 atom stereocenters. The molecule has 0 amide bonds. The van der Waals surface area contributed by atoms with Crippen LogP contribution in [-0.4, -0.2) is 22.2 Å². The lowest BCUT2D eigenvalue weighted by atomic mass is 9.98. The molecule has 1 fully saturated rings. The second-order valence-corrected chi connectivity index (χ2v) is 6.36. The number of hydrogen-bond donors (Lipinski definition) is 2. The monoisotopic (exact) mass is 354 g/mol. The Labute approximate surface area is 142 Å². The fourth-order valence-corrected chi connectivity index (χ4v) is 3.23. The molecule has 1 unspecified atom stereocenters. The minimum absolute atomic E-state index is 0. The third-order valence-electron chi connectivity index (χ3n) is 4.68. The molecule has 0 bridgehead atoms. The molecule has 2 aliphatic rings. The number of aromatic nitrogens is 1. The predicted molar refractivity (Wildman–Crippen MR) is 87.7 cm³/mol. The van der Waals surface area contributed by atoms with Gasteiger partial charge in [0.05, 0.1) is 22.5 Å². The smallest absolute Gasteiger partial charge is 0.341 e. The average molecular weight is 355 g/mol. The molecule has 6 nitrogen and oxygen atoms in total. The van der Waals surface area contributed by atoms with E-state index in [1.807, 2.05) is 6.92 Å². The molecule has 8 heteroatoms. The Balaban J connectivity index is 0.00000169. The van der Waals surface area contributed by atoms with Crippen LogP contribution in [0.4, 0.5) is 4.39 Å². The van der Waals surface area contributed by atoms with Crippen molar-refractivity contribution in [2.24, 2.45) is 5.73 Å². The lowest BCUT2D eigenvalue weighted by Gasteiger charge is -2.29. The SMILES string of the molecule is CC1COc2c(C3(N)CC3)c(F)cc3c(=O)c(C(=O)O)cn1c23.Cl. The quantitative estimate of drug-likeness (QED) is 0.861. The van der Waals surface area contributed by atoms with E-state index < -0.39 is 22.8 Å². The number of carboxylic acids is 1. The van der Waals surface area contributed by atoms with Crippen molar-refractivity contribution in [3.63, 3.8) is 0 Å². The van der Waals surface area contributed by atoms with Gasteiger partial charge in [0.25, 0.3) is 0 Å². The maximum Gasteiger partial charge on any atom is 0.341 e. The van der Waals surface area contributed by atoms with Crippen LogP contribution in [0.2, 0.25) is 0 Å². The molecule has 1 saturated carbocycles. The molecule has 4 rings (SSSR count). The van der Waals surface area contributed by atoms with Gasteiger partial charge >= 0.3 is 5.97 Å². The summed E-state index contributed by atoms with van der Waals surface area (Å²) in [4.78, 5) is 23.7. The van der Waals surface area contributed by atoms with E-state index in [1.54, 1.807) is 4.57 Å². The zero-order chi connectivity index (χ0) is 16.5. The first-order valence-corrected chi connectivity index (χ1v) is 7.40. The Morgan fingerprint density at radius 1 is 1.50 bits per heavy atom. The molecule has 1 aliphatic carbocycles. The maximum absolute atomic E-state index is 14.6. The highest BCUT2D eigenvalue weighted by molar-refractivity contribution is 5.95. The van der Waals surface area contributed by atoms with E-state index in [9.17, 15) is 19.1 Å². The molecule has 2 aromatic rings. The largest absolute Gasteiger partial charge is 0.489 e. The normalized spacial score (nSPS) is 20.2. The summed E-state index contributed by atoms with van der Waals surface area (Å²) in [6, 6.07) is 0.920. The minimum Gasteiger partial charge on any atom is -0.489 e. The summed E-state index contributed by atoms with van der Waals surface area (Å²) in [5.74, 6) is -1.68. The van der Waals surface area contributed by atoms with E-state index in [0.29, 0.717) is 18.4 Å². The van der Waals surface area contributed by atoms with Crippen LogP contribution < -0.4 is 15.9 Å². The van der Waals surface area contributed by atoms with Gasteiger partial charge in [0.15, 0.2) is 5.75 Å². The molecule has 1 aliphatic heterocycles. The molecule has 0 spiro atoms. The number of halogens is 2. The van der Waals surface area contributed by atoms with E-state index in [0.717, 1.165) is 6.07 Å². The number of carbonyl (C=O) groups is 1. The summed E-state index contributed by atoms with van der Waals surface area (Å²) < 4.78 is 22.0. The lowest BCUT2D eigenvalue weighted by molar-refractivity contribution is 0.0694. The van der Waals surface area contributed by atoms with Gasteiger partial charge in [-0.3, -0.25) is 4.79 Å². The van der Waals surface area contributed by atoms with Gasteiger partial charge in [0, 0.05) is 11.7 Å². The van der Waals surface area contributed by atoms with Crippen molar-refractivity contribution < 1.29 is 19.0 Å². The standard InChI is InChI=1S/C16H15FN2O4.ClH/c1-7-6-23-14-11(16(18)2-3-16)10(17)4-8-12(14)19(7)5-9(13(8)20)15(21)22;/h4-5,7H,2-3,6,18H2,1H3,(H,21,22);1H. The van der Waals surface area contributed by atoms with E-state index >= 15 is 0 Å². The third-order valence-corrected chi connectivity index (χ3v) is 4.68. The summed E-state index contributed by atoms with van der Waals surface area (Å²) in [6.07, 6.45) is 2.61. The van der Waals surface area contributed by atoms with Crippen molar-refractivity contribution in [3.05, 3.63) is 39.4 Å². The number of rotatable bonds is 2. The molecule has 128 valence electrons. The van der Waals surface area contributed by atoms with Crippen molar-refractivity contribution in [2.45, 2.75) is 31.3 Å². The van der Waals surface area contributed by atoms with Gasteiger partial charge in [0.2, 0.25) is 5.43 Å². The molecular formula is C16H16ClFN2O4. The summed E-state index contributed by atoms with van der Waals surface area (Å²) in [7, 11) is 0. The van der Waals surface area contributed by atoms with Crippen LogP contribution in [-0.2, 0) is 5.54 Å². The Morgan fingerprint density at radius 3 is 2.75 bits per heavy atom. The fraction of sp³-hybridized carbons (Fsp3) is 0.375. The van der Waals surface area contributed by atoms with Crippen LogP contribution in [0, 0.1) is 5.82 Å². The van der Waals surface area contributed by atoms with E-state index in [2.05, 4.69) is 0 Å². The summed E-state index contributed by atoms with van der Waals surface area (Å²) in [5, 5.41) is 9.23. The Bertz CT molecular complexity index is 936. The third kappa shape index (κ3) is 2.12. The van der Waals surface area contributed by atoms with Crippen LogP contribution >= 0.6 is 12.4 Å². The highest BCUT2D eigenvalue weighted by atomic mass is 35.5. The number of nitrogens with zero attached hydrogens (tertiary/aromatic N) is 1. The first kappa shape index (κ1) is 16.7. The summed E-state index contributed by atoms with van der Waals surface area (Å²) in [5.41, 5.74) is 5.02. The van der Waals surface area contributed by atoms with Gasteiger partial charge in [-0.25, -0.2) is 9.18 Å². The average Bonchev–Trinajstić information content (AvgIpc) is 3.22. The topological polar surface area (TPSA) is 94.6 Å². The van der Waals surface area contributed by atoms with E-state index in [4.69, 9.17) is 10.5 Å². The second-order valence-electron chi connectivity index (χ2n) is 6.36. The summed E-state index contributed by atoms with van der Waals surface area (Å²) >= 11 is 0. The number of pyridine rings is 1. The summed E-state index contributed by atoms with van der Waals surface area (Å²) in [6.45, 7) is 2.10. The van der Waals surface area contributed by atoms with Gasteiger partial charge in [-0.15, -0.1) is 12.4 Å². The Kier molecular flexibility index (Phi) is 3.62. The lowest BCUT2D eigenvalue weighted by Crippen LogP contribution is -2.30. The molecule has 3 N–H and O–H groups in total.